The van der Waals surface area contributed by atoms with E-state index in [1.54, 1.807) is 24.3 Å². The van der Waals surface area contributed by atoms with Gasteiger partial charge in [-0.1, -0.05) is 44.2 Å². The third-order valence-corrected chi connectivity index (χ3v) is 3.69. The number of nitrogens with one attached hydrogen (secondary N) is 1. The topological polar surface area (TPSA) is 59.3 Å². The molecular weight excluding hydrogens is 290 g/mol. The Morgan fingerprint density at radius 3 is 2.52 bits per heavy atom. The van der Waals surface area contributed by atoms with Crippen molar-refractivity contribution in [3.05, 3.63) is 76.1 Å². The lowest BCUT2D eigenvalue weighted by atomic mass is 10.0. The zero-order valence-electron chi connectivity index (χ0n) is 13.0. The monoisotopic (exact) mass is 307 g/mol. The highest BCUT2D eigenvalue weighted by Gasteiger charge is 2.14. The van der Waals surface area contributed by atoms with Gasteiger partial charge in [0.1, 0.15) is 5.58 Å². The second-order valence-corrected chi connectivity index (χ2v) is 5.67. The van der Waals surface area contributed by atoms with E-state index in [1.807, 2.05) is 24.3 Å². The summed E-state index contributed by atoms with van der Waals surface area (Å²) in [6.07, 6.45) is 0. The van der Waals surface area contributed by atoms with Crippen molar-refractivity contribution in [1.29, 1.82) is 0 Å². The summed E-state index contributed by atoms with van der Waals surface area (Å²) in [6, 6.07) is 15.7. The number of para-hydroxylation sites is 2. The first-order valence-electron chi connectivity index (χ1n) is 7.49. The van der Waals surface area contributed by atoms with Gasteiger partial charge in [0.2, 0.25) is 0 Å². The first-order chi connectivity index (χ1) is 11.1. The highest BCUT2D eigenvalue weighted by molar-refractivity contribution is 6.03. The summed E-state index contributed by atoms with van der Waals surface area (Å²) in [5.74, 6) is -0.150. The Bertz CT molecular complexity index is 925. The molecule has 0 bridgehead atoms. The molecule has 0 saturated heterocycles. The Hall–Kier alpha value is -2.88. The molecule has 0 saturated carbocycles. The predicted octanol–water partition coefficient (Wildman–Crippen LogP) is 4.17. The molecule has 0 spiro atoms. The number of hydrogen-bond donors (Lipinski definition) is 1. The van der Waals surface area contributed by atoms with Crippen molar-refractivity contribution in [3.8, 4) is 0 Å². The maximum absolute atomic E-state index is 12.4. The number of rotatable bonds is 3. The van der Waals surface area contributed by atoms with Gasteiger partial charge in [-0.15, -0.1) is 0 Å². The van der Waals surface area contributed by atoms with Gasteiger partial charge in [0.25, 0.3) is 5.91 Å². The lowest BCUT2D eigenvalue weighted by Crippen LogP contribution is -2.16. The largest absolute Gasteiger partial charge is 0.451 e. The fourth-order valence-electron chi connectivity index (χ4n) is 2.51. The minimum Gasteiger partial charge on any atom is -0.451 e. The second kappa shape index (κ2) is 6.08. The molecule has 4 heteroatoms. The maximum atomic E-state index is 12.4. The minimum absolute atomic E-state index is 0.00672. The average molecular weight is 307 g/mol. The number of benzene rings is 2. The van der Waals surface area contributed by atoms with Crippen molar-refractivity contribution in [1.82, 2.24) is 0 Å². The first kappa shape index (κ1) is 15.0. The van der Waals surface area contributed by atoms with E-state index in [4.69, 9.17) is 4.42 Å². The average Bonchev–Trinajstić information content (AvgIpc) is 2.55. The van der Waals surface area contributed by atoms with E-state index < -0.39 is 5.91 Å². The van der Waals surface area contributed by atoms with E-state index in [9.17, 15) is 9.59 Å². The molecule has 1 heterocycles. The summed E-state index contributed by atoms with van der Waals surface area (Å²) in [4.78, 5) is 24.5. The standard InChI is InChI=1S/C19H17NO3/c1-12(2)13-7-3-5-9-15(13)20-19(22)18-11-16(21)14-8-4-6-10-17(14)23-18/h3-12H,1-2H3,(H,20,22). The lowest BCUT2D eigenvalue weighted by Gasteiger charge is -2.13. The molecular formula is C19H17NO3. The van der Waals surface area contributed by atoms with Crippen molar-refractivity contribution in [2.45, 2.75) is 19.8 Å². The van der Waals surface area contributed by atoms with Gasteiger partial charge in [0, 0.05) is 11.8 Å². The number of amides is 1. The fourth-order valence-corrected chi connectivity index (χ4v) is 2.51. The molecule has 0 aliphatic rings. The Balaban J connectivity index is 1.97. The zero-order valence-corrected chi connectivity index (χ0v) is 13.0. The summed E-state index contributed by atoms with van der Waals surface area (Å²) >= 11 is 0. The van der Waals surface area contributed by atoms with Gasteiger partial charge in [-0.2, -0.15) is 0 Å². The molecule has 0 aliphatic carbocycles. The molecule has 0 atom stereocenters. The van der Waals surface area contributed by atoms with Gasteiger partial charge in [0.15, 0.2) is 11.2 Å². The van der Waals surface area contributed by atoms with Crippen LogP contribution in [-0.4, -0.2) is 5.91 Å². The Labute approximate surface area is 133 Å². The highest BCUT2D eigenvalue weighted by Crippen LogP contribution is 2.24. The number of fused-ring (bicyclic) bond motifs is 1. The molecule has 3 aromatic rings. The molecule has 4 nitrogen and oxygen atoms in total. The highest BCUT2D eigenvalue weighted by atomic mass is 16.3. The van der Waals surface area contributed by atoms with Crippen LogP contribution in [0, 0.1) is 0 Å². The van der Waals surface area contributed by atoms with Gasteiger partial charge in [-0.05, 0) is 29.7 Å². The van der Waals surface area contributed by atoms with Crippen LogP contribution < -0.4 is 10.7 Å². The Morgan fingerprint density at radius 2 is 1.74 bits per heavy atom. The van der Waals surface area contributed by atoms with Crippen molar-refractivity contribution >= 4 is 22.6 Å². The predicted molar refractivity (Wildman–Crippen MR) is 91.0 cm³/mol. The van der Waals surface area contributed by atoms with Gasteiger partial charge in [-0.25, -0.2) is 0 Å². The molecule has 23 heavy (non-hydrogen) atoms. The van der Waals surface area contributed by atoms with Crippen LogP contribution in [0.4, 0.5) is 5.69 Å². The van der Waals surface area contributed by atoms with Crippen molar-refractivity contribution in [2.75, 3.05) is 5.32 Å². The van der Waals surface area contributed by atoms with Gasteiger partial charge in [-0.3, -0.25) is 9.59 Å². The number of hydrogen-bond acceptors (Lipinski definition) is 3. The van der Waals surface area contributed by atoms with Gasteiger partial charge in [0.05, 0.1) is 5.39 Å². The molecule has 0 radical (unpaired) electrons. The van der Waals surface area contributed by atoms with E-state index >= 15 is 0 Å². The fraction of sp³-hybridized carbons (Fsp3) is 0.158. The molecule has 1 N–H and O–H groups in total. The first-order valence-corrected chi connectivity index (χ1v) is 7.49. The normalized spacial score (nSPS) is 10.9. The summed E-state index contributed by atoms with van der Waals surface area (Å²) in [6.45, 7) is 4.11. The quantitative estimate of drug-likeness (QED) is 0.790. The summed E-state index contributed by atoms with van der Waals surface area (Å²) in [5, 5.41) is 3.29. The van der Waals surface area contributed by atoms with Gasteiger partial charge < -0.3 is 9.73 Å². The lowest BCUT2D eigenvalue weighted by molar-refractivity contribution is 0.0997. The molecule has 0 fully saturated rings. The van der Waals surface area contributed by atoms with E-state index in [0.717, 1.165) is 11.3 Å². The van der Waals surface area contributed by atoms with E-state index in [2.05, 4.69) is 19.2 Å². The Morgan fingerprint density at radius 1 is 1.04 bits per heavy atom. The minimum atomic E-state index is -0.430. The number of carbonyl (C=O) groups excluding carboxylic acids is 1. The number of carbonyl (C=O) groups is 1. The molecule has 0 unspecified atom stereocenters. The summed E-state index contributed by atoms with van der Waals surface area (Å²) in [7, 11) is 0. The summed E-state index contributed by atoms with van der Waals surface area (Å²) in [5.41, 5.74) is 1.93. The van der Waals surface area contributed by atoms with E-state index in [0.29, 0.717) is 11.0 Å². The molecule has 0 aliphatic heterocycles. The van der Waals surface area contributed by atoms with Gasteiger partial charge >= 0.3 is 0 Å². The van der Waals surface area contributed by atoms with Crippen LogP contribution in [0.15, 0.2) is 63.8 Å². The Kier molecular flexibility index (Phi) is 3.98. The molecule has 3 rings (SSSR count). The number of anilines is 1. The molecule has 2 aromatic carbocycles. The van der Waals surface area contributed by atoms with Crippen LogP contribution in [-0.2, 0) is 0 Å². The van der Waals surface area contributed by atoms with E-state index in [-0.39, 0.29) is 17.1 Å². The molecule has 116 valence electrons. The third-order valence-electron chi connectivity index (χ3n) is 3.69. The van der Waals surface area contributed by atoms with Crippen LogP contribution >= 0.6 is 0 Å². The van der Waals surface area contributed by atoms with Crippen LogP contribution in [0.2, 0.25) is 0 Å². The maximum Gasteiger partial charge on any atom is 0.291 e. The second-order valence-electron chi connectivity index (χ2n) is 5.67. The van der Waals surface area contributed by atoms with Crippen LogP contribution in [0.25, 0.3) is 11.0 Å². The van der Waals surface area contributed by atoms with E-state index in [1.165, 1.54) is 6.07 Å². The van der Waals surface area contributed by atoms with Crippen LogP contribution in [0.3, 0.4) is 0 Å². The summed E-state index contributed by atoms with van der Waals surface area (Å²) < 4.78 is 5.56. The van der Waals surface area contributed by atoms with Crippen molar-refractivity contribution in [3.63, 3.8) is 0 Å². The van der Waals surface area contributed by atoms with Crippen molar-refractivity contribution < 1.29 is 9.21 Å². The molecule has 1 aromatic heterocycles. The third kappa shape index (κ3) is 3.01. The zero-order chi connectivity index (χ0) is 16.4. The van der Waals surface area contributed by atoms with Crippen molar-refractivity contribution in [2.24, 2.45) is 0 Å². The smallest absolute Gasteiger partial charge is 0.291 e. The van der Waals surface area contributed by atoms with Crippen LogP contribution in [0.5, 0.6) is 0 Å². The SMILES string of the molecule is CC(C)c1ccccc1NC(=O)c1cc(=O)c2ccccc2o1. The van der Waals surface area contributed by atoms with Crippen LogP contribution in [0.1, 0.15) is 35.9 Å². The molecule has 1 amide bonds.